The van der Waals surface area contributed by atoms with Gasteiger partial charge in [0.1, 0.15) is 5.76 Å². The summed E-state index contributed by atoms with van der Waals surface area (Å²) in [5, 5.41) is 12.7. The molecule has 0 N–H and O–H groups in total. The number of methoxy groups -OCH3 is 1. The van der Waals surface area contributed by atoms with E-state index < -0.39 is 36.4 Å². The highest BCUT2D eigenvalue weighted by molar-refractivity contribution is 8.16. The Morgan fingerprint density at radius 3 is 2.48 bits per heavy atom. The summed E-state index contributed by atoms with van der Waals surface area (Å²) in [5.74, 6) is 0.589. The molecule has 0 bridgehead atoms. The maximum atomic E-state index is 12.6. The zero-order chi connectivity index (χ0) is 18.0. The lowest BCUT2D eigenvalue weighted by molar-refractivity contribution is -0.387. The van der Waals surface area contributed by atoms with E-state index in [0.29, 0.717) is 16.2 Å². The molecule has 0 spiro atoms. The topological polar surface area (TPSA) is 95.7 Å². The van der Waals surface area contributed by atoms with Gasteiger partial charge in [0.25, 0.3) is 5.69 Å². The molecule has 0 aromatic heterocycles. The van der Waals surface area contributed by atoms with E-state index in [1.54, 1.807) is 35.7 Å². The van der Waals surface area contributed by atoms with Gasteiger partial charge in [0.2, 0.25) is 0 Å². The SMILES string of the molecule is COC1=CC=S(OS(=O)(=O)c2ccccc2[N+](=O)[O-])c2ccccc21. The smallest absolute Gasteiger partial charge is 0.314 e. The summed E-state index contributed by atoms with van der Waals surface area (Å²) in [6.45, 7) is 0. The first kappa shape index (κ1) is 17.3. The van der Waals surface area contributed by atoms with Gasteiger partial charge < -0.3 is 4.74 Å². The Bertz CT molecular complexity index is 1010. The molecular formula is C16H13NO6S2. The standard InChI is InChI=1S/C16H13NO6S2/c1-22-14-10-11-24(15-8-4-2-6-12(14)15)23-25(20,21)16-9-5-3-7-13(16)17(18)19/h2-11H,1H3. The minimum Gasteiger partial charge on any atom is -0.496 e. The van der Waals surface area contributed by atoms with E-state index in [2.05, 4.69) is 0 Å². The highest BCUT2D eigenvalue weighted by atomic mass is 32.3. The van der Waals surface area contributed by atoms with Gasteiger partial charge in [-0.25, -0.2) is 0 Å². The van der Waals surface area contributed by atoms with Crippen molar-refractivity contribution in [2.24, 2.45) is 0 Å². The number of allylic oxidation sites excluding steroid dienone is 1. The van der Waals surface area contributed by atoms with Gasteiger partial charge in [-0.1, -0.05) is 30.3 Å². The van der Waals surface area contributed by atoms with Gasteiger partial charge in [-0.15, -0.1) is 0 Å². The summed E-state index contributed by atoms with van der Waals surface area (Å²) in [6, 6.07) is 12.2. The van der Waals surface area contributed by atoms with E-state index in [9.17, 15) is 18.5 Å². The Balaban J connectivity index is 2.05. The van der Waals surface area contributed by atoms with Crippen molar-refractivity contribution < 1.29 is 21.7 Å². The van der Waals surface area contributed by atoms with Crippen LogP contribution in [0.4, 0.5) is 5.69 Å². The summed E-state index contributed by atoms with van der Waals surface area (Å²) in [4.78, 5) is 10.5. The molecule has 0 amide bonds. The normalized spacial score (nSPS) is 16.4. The maximum absolute atomic E-state index is 12.6. The van der Waals surface area contributed by atoms with Crippen molar-refractivity contribution in [3.63, 3.8) is 0 Å². The van der Waals surface area contributed by atoms with Crippen LogP contribution in [0.2, 0.25) is 0 Å². The van der Waals surface area contributed by atoms with Gasteiger partial charge in [-0.05, 0) is 34.3 Å². The van der Waals surface area contributed by atoms with Gasteiger partial charge in [0, 0.05) is 16.5 Å². The largest absolute Gasteiger partial charge is 0.496 e. The number of hydrogen-bond donors (Lipinski definition) is 0. The second kappa shape index (κ2) is 6.79. The van der Waals surface area contributed by atoms with E-state index in [-0.39, 0.29) is 0 Å². The lowest BCUT2D eigenvalue weighted by Crippen LogP contribution is -2.08. The zero-order valence-corrected chi connectivity index (χ0v) is 14.6. The van der Waals surface area contributed by atoms with Crippen LogP contribution in [0.15, 0.2) is 64.4 Å². The molecule has 7 nitrogen and oxygen atoms in total. The first-order valence-corrected chi connectivity index (χ1v) is 9.66. The maximum Gasteiger partial charge on any atom is 0.314 e. The molecule has 3 rings (SSSR count). The number of nitro benzene ring substituents is 1. The van der Waals surface area contributed by atoms with E-state index in [1.807, 2.05) is 0 Å². The summed E-state index contributed by atoms with van der Waals surface area (Å²) in [6.07, 6.45) is 1.63. The first-order valence-electron chi connectivity index (χ1n) is 7.04. The van der Waals surface area contributed by atoms with Crippen LogP contribution < -0.4 is 0 Å². The number of para-hydroxylation sites is 1. The van der Waals surface area contributed by atoms with Crippen LogP contribution in [0.25, 0.3) is 5.76 Å². The molecule has 2 aromatic carbocycles. The highest BCUT2D eigenvalue weighted by Gasteiger charge is 2.29. The highest BCUT2D eigenvalue weighted by Crippen LogP contribution is 2.40. The molecule has 0 saturated heterocycles. The van der Waals surface area contributed by atoms with Crippen molar-refractivity contribution in [2.45, 2.75) is 9.79 Å². The lowest BCUT2D eigenvalue weighted by Gasteiger charge is -2.18. The van der Waals surface area contributed by atoms with Gasteiger partial charge in [0.05, 0.1) is 12.0 Å². The summed E-state index contributed by atoms with van der Waals surface area (Å²) >= 11 is 0. The number of nitro groups is 1. The van der Waals surface area contributed by atoms with Crippen molar-refractivity contribution in [1.29, 1.82) is 0 Å². The number of rotatable bonds is 5. The average Bonchev–Trinajstić information content (AvgIpc) is 2.62. The second-order valence-corrected chi connectivity index (χ2v) is 8.11. The molecule has 9 heteroatoms. The molecule has 25 heavy (non-hydrogen) atoms. The van der Waals surface area contributed by atoms with Crippen LogP contribution in [-0.2, 0) is 18.5 Å². The number of benzene rings is 2. The van der Waals surface area contributed by atoms with Crippen LogP contribution in [-0.4, -0.2) is 25.8 Å². The average molecular weight is 379 g/mol. The van der Waals surface area contributed by atoms with E-state index in [4.69, 9.17) is 8.37 Å². The van der Waals surface area contributed by atoms with Gasteiger partial charge in [-0.2, -0.15) is 12.0 Å². The Kier molecular flexibility index (Phi) is 4.71. The number of hydrogen-bond acceptors (Lipinski definition) is 6. The minimum absolute atomic E-state index is 0.472. The Labute approximate surface area is 146 Å². The van der Waals surface area contributed by atoms with Crippen LogP contribution in [0.1, 0.15) is 5.56 Å². The van der Waals surface area contributed by atoms with Crippen molar-refractivity contribution >= 4 is 37.7 Å². The Morgan fingerprint density at radius 2 is 1.76 bits per heavy atom. The second-order valence-electron chi connectivity index (χ2n) is 4.91. The summed E-state index contributed by atoms with van der Waals surface area (Å²) in [5.41, 5.74) is 0.193. The summed E-state index contributed by atoms with van der Waals surface area (Å²) in [7, 11) is -4.04. The molecule has 2 aromatic rings. The van der Waals surface area contributed by atoms with E-state index in [1.165, 1.54) is 19.2 Å². The molecule has 0 aliphatic carbocycles. The molecule has 1 aliphatic heterocycles. The number of ether oxygens (including phenoxy) is 1. The fraction of sp³-hybridized carbons (Fsp3) is 0.0625. The van der Waals surface area contributed by atoms with Crippen LogP contribution in [0.3, 0.4) is 0 Å². The molecule has 1 unspecified atom stereocenters. The van der Waals surface area contributed by atoms with Gasteiger partial charge in [-0.3, -0.25) is 10.1 Å². The summed E-state index contributed by atoms with van der Waals surface area (Å²) < 4.78 is 35.8. The molecule has 1 heterocycles. The quantitative estimate of drug-likeness (QED) is 0.449. The molecular weight excluding hydrogens is 366 g/mol. The number of fused-ring (bicyclic) bond motifs is 1. The molecule has 130 valence electrons. The van der Waals surface area contributed by atoms with Crippen LogP contribution >= 0.6 is 10.8 Å². The van der Waals surface area contributed by atoms with Gasteiger partial charge in [0.15, 0.2) is 4.90 Å². The van der Waals surface area contributed by atoms with Crippen molar-refractivity contribution in [3.8, 4) is 0 Å². The predicted octanol–water partition coefficient (Wildman–Crippen LogP) is 3.35. The third-order valence-electron chi connectivity index (χ3n) is 3.43. The Morgan fingerprint density at radius 1 is 1.08 bits per heavy atom. The zero-order valence-electron chi connectivity index (χ0n) is 13.0. The van der Waals surface area contributed by atoms with Crippen molar-refractivity contribution in [3.05, 3.63) is 70.3 Å². The van der Waals surface area contributed by atoms with E-state index >= 15 is 0 Å². The fourth-order valence-corrected chi connectivity index (χ4v) is 5.50. The van der Waals surface area contributed by atoms with Crippen LogP contribution in [0, 0.1) is 10.1 Å². The fourth-order valence-electron chi connectivity index (χ4n) is 2.32. The van der Waals surface area contributed by atoms with E-state index in [0.717, 1.165) is 12.1 Å². The monoisotopic (exact) mass is 379 g/mol. The molecule has 1 aliphatic rings. The van der Waals surface area contributed by atoms with Gasteiger partial charge >= 0.3 is 10.1 Å². The predicted molar refractivity (Wildman–Crippen MR) is 94.7 cm³/mol. The molecule has 0 fully saturated rings. The third kappa shape index (κ3) is 3.34. The lowest BCUT2D eigenvalue weighted by atomic mass is 10.2. The minimum atomic E-state index is -4.33. The molecule has 1 atom stereocenters. The molecule has 0 saturated carbocycles. The van der Waals surface area contributed by atoms with Crippen molar-refractivity contribution in [2.75, 3.05) is 7.11 Å². The third-order valence-corrected chi connectivity index (χ3v) is 6.79. The van der Waals surface area contributed by atoms with Crippen LogP contribution in [0.5, 0.6) is 0 Å². The number of nitrogens with zero attached hydrogens (tertiary/aromatic N) is 1. The first-order chi connectivity index (χ1) is 11.9. The Hall–Kier alpha value is -2.49. The molecule has 0 radical (unpaired) electrons. The van der Waals surface area contributed by atoms with Crippen molar-refractivity contribution in [1.82, 2.24) is 0 Å².